The summed E-state index contributed by atoms with van der Waals surface area (Å²) in [5.74, 6) is 0. The summed E-state index contributed by atoms with van der Waals surface area (Å²) in [4.78, 5) is 6.84. The second-order valence-corrected chi connectivity index (χ2v) is 5.76. The summed E-state index contributed by atoms with van der Waals surface area (Å²) < 4.78 is 0. The topological polar surface area (TPSA) is 28.2 Å². The van der Waals surface area contributed by atoms with Crippen LogP contribution in [0.5, 0.6) is 0 Å². The Hall–Kier alpha value is -1.61. The predicted molar refractivity (Wildman–Crippen MR) is 78.4 cm³/mol. The lowest BCUT2D eigenvalue weighted by atomic mass is 10.1. The van der Waals surface area contributed by atoms with Gasteiger partial charge in [0.15, 0.2) is 0 Å². The van der Waals surface area contributed by atoms with Crippen molar-refractivity contribution in [3.63, 3.8) is 0 Å². The molecule has 1 unspecified atom stereocenters. The Morgan fingerprint density at radius 1 is 1.16 bits per heavy atom. The number of rotatable bonds is 3. The van der Waals surface area contributed by atoms with Gasteiger partial charge in [-0.2, -0.15) is 0 Å². The minimum absolute atomic E-state index is 0.597. The lowest BCUT2D eigenvalue weighted by Gasteiger charge is -2.17. The summed E-state index contributed by atoms with van der Waals surface area (Å²) in [7, 11) is 0. The molecular weight excluding hydrogens is 234 g/mol. The predicted octanol–water partition coefficient (Wildman–Crippen LogP) is 2.88. The summed E-state index contributed by atoms with van der Waals surface area (Å²) in [6.07, 6.45) is 7.89. The number of nitrogens with one attached hydrogen (secondary N) is 1. The van der Waals surface area contributed by atoms with Crippen molar-refractivity contribution in [2.24, 2.45) is 0 Å². The average molecular weight is 253 g/mol. The molecule has 0 bridgehead atoms. The molecule has 98 valence electrons. The van der Waals surface area contributed by atoms with Crippen molar-refractivity contribution in [3.05, 3.63) is 36.7 Å². The number of hydrogen-bond donors (Lipinski definition) is 1. The van der Waals surface area contributed by atoms with Crippen LogP contribution in [0.2, 0.25) is 0 Å². The van der Waals surface area contributed by atoms with Gasteiger partial charge in [0, 0.05) is 54.0 Å². The maximum atomic E-state index is 4.19. The first-order chi connectivity index (χ1) is 9.40. The zero-order valence-corrected chi connectivity index (χ0v) is 11.0. The van der Waals surface area contributed by atoms with Crippen LogP contribution in [0.25, 0.3) is 10.8 Å². The Bertz CT molecular complexity index is 586. The quantitative estimate of drug-likeness (QED) is 0.911. The van der Waals surface area contributed by atoms with Gasteiger partial charge in [-0.05, 0) is 31.4 Å². The number of fused-ring (bicyclic) bond motifs is 1. The fourth-order valence-electron chi connectivity index (χ4n) is 3.14. The maximum absolute atomic E-state index is 4.19. The first kappa shape index (κ1) is 11.2. The van der Waals surface area contributed by atoms with Crippen LogP contribution in [0, 0.1) is 0 Å². The largest absolute Gasteiger partial charge is 0.380 e. The number of aromatic nitrogens is 1. The molecule has 3 nitrogen and oxygen atoms in total. The van der Waals surface area contributed by atoms with E-state index in [0.29, 0.717) is 6.04 Å². The van der Waals surface area contributed by atoms with Gasteiger partial charge in [-0.25, -0.2) is 0 Å². The van der Waals surface area contributed by atoms with E-state index >= 15 is 0 Å². The number of hydrogen-bond acceptors (Lipinski definition) is 3. The normalized spacial score (nSPS) is 23.9. The molecule has 1 saturated carbocycles. The number of benzene rings is 1. The van der Waals surface area contributed by atoms with Crippen LogP contribution in [-0.2, 0) is 0 Å². The molecule has 1 aliphatic carbocycles. The van der Waals surface area contributed by atoms with E-state index in [1.54, 1.807) is 0 Å². The third-order valence-corrected chi connectivity index (χ3v) is 4.32. The van der Waals surface area contributed by atoms with Gasteiger partial charge < -0.3 is 5.32 Å². The highest BCUT2D eigenvalue weighted by Crippen LogP contribution is 2.31. The van der Waals surface area contributed by atoms with Crippen molar-refractivity contribution in [1.29, 1.82) is 0 Å². The molecule has 1 N–H and O–H groups in total. The van der Waals surface area contributed by atoms with Crippen LogP contribution in [-0.4, -0.2) is 35.1 Å². The fraction of sp³-hybridized carbons (Fsp3) is 0.438. The average Bonchev–Trinajstić information content (AvgIpc) is 3.20. The van der Waals surface area contributed by atoms with E-state index in [1.807, 2.05) is 12.4 Å². The van der Waals surface area contributed by atoms with Gasteiger partial charge >= 0.3 is 0 Å². The van der Waals surface area contributed by atoms with Gasteiger partial charge in [0.25, 0.3) is 0 Å². The molecule has 1 saturated heterocycles. The minimum atomic E-state index is 0.597. The molecule has 4 rings (SSSR count). The smallest absolute Gasteiger partial charge is 0.0423 e. The molecule has 2 aliphatic rings. The zero-order valence-electron chi connectivity index (χ0n) is 11.0. The Morgan fingerprint density at radius 2 is 2.11 bits per heavy atom. The lowest BCUT2D eigenvalue weighted by molar-refractivity contribution is 0.326. The Morgan fingerprint density at radius 3 is 3.00 bits per heavy atom. The van der Waals surface area contributed by atoms with Crippen molar-refractivity contribution in [1.82, 2.24) is 9.88 Å². The van der Waals surface area contributed by atoms with E-state index in [9.17, 15) is 0 Å². The van der Waals surface area contributed by atoms with Crippen molar-refractivity contribution in [2.45, 2.75) is 31.3 Å². The van der Waals surface area contributed by atoms with Crippen molar-refractivity contribution < 1.29 is 0 Å². The number of pyridine rings is 1. The van der Waals surface area contributed by atoms with Gasteiger partial charge in [-0.1, -0.05) is 12.1 Å². The molecule has 19 heavy (non-hydrogen) atoms. The first-order valence-electron chi connectivity index (χ1n) is 7.23. The SMILES string of the molecule is c1cc(NC2CCN(C3CC3)C2)c2ccncc2c1. The van der Waals surface area contributed by atoms with Crippen LogP contribution >= 0.6 is 0 Å². The summed E-state index contributed by atoms with van der Waals surface area (Å²) in [5, 5.41) is 6.22. The monoisotopic (exact) mass is 253 g/mol. The Labute approximate surface area is 113 Å². The van der Waals surface area contributed by atoms with Crippen LogP contribution in [0.15, 0.2) is 36.7 Å². The Kier molecular flexibility index (Phi) is 2.66. The van der Waals surface area contributed by atoms with Gasteiger partial charge in [0.05, 0.1) is 0 Å². The highest BCUT2D eigenvalue weighted by molar-refractivity contribution is 5.93. The summed E-state index contributed by atoms with van der Waals surface area (Å²) in [5.41, 5.74) is 1.25. The van der Waals surface area contributed by atoms with Crippen LogP contribution in [0.1, 0.15) is 19.3 Å². The van der Waals surface area contributed by atoms with Gasteiger partial charge in [-0.15, -0.1) is 0 Å². The standard InChI is InChI=1S/C16H19N3/c1-2-12-10-17-8-6-15(12)16(3-1)18-13-7-9-19(11-13)14-4-5-14/h1-3,6,8,10,13-14,18H,4-5,7,9,11H2. The number of nitrogens with zero attached hydrogens (tertiary/aromatic N) is 2. The zero-order chi connectivity index (χ0) is 12.7. The van der Waals surface area contributed by atoms with E-state index < -0.39 is 0 Å². The molecule has 0 spiro atoms. The van der Waals surface area contributed by atoms with Gasteiger partial charge in [0.2, 0.25) is 0 Å². The molecule has 1 aromatic heterocycles. The molecule has 2 fully saturated rings. The molecule has 2 aromatic rings. The van der Waals surface area contributed by atoms with E-state index in [1.165, 1.54) is 48.8 Å². The minimum Gasteiger partial charge on any atom is -0.380 e. The number of likely N-dealkylation sites (tertiary alicyclic amines) is 1. The van der Waals surface area contributed by atoms with Gasteiger partial charge in [0.1, 0.15) is 0 Å². The third-order valence-electron chi connectivity index (χ3n) is 4.32. The van der Waals surface area contributed by atoms with Crippen molar-refractivity contribution in [3.8, 4) is 0 Å². The second-order valence-electron chi connectivity index (χ2n) is 5.76. The molecule has 1 aromatic carbocycles. The molecule has 0 radical (unpaired) electrons. The van der Waals surface area contributed by atoms with E-state index in [2.05, 4.69) is 39.5 Å². The maximum Gasteiger partial charge on any atom is 0.0423 e. The second kappa shape index (κ2) is 4.49. The molecule has 3 heteroatoms. The van der Waals surface area contributed by atoms with Gasteiger partial charge in [-0.3, -0.25) is 9.88 Å². The third kappa shape index (κ3) is 2.19. The molecular formula is C16H19N3. The van der Waals surface area contributed by atoms with Crippen LogP contribution in [0.4, 0.5) is 5.69 Å². The molecule has 1 atom stereocenters. The lowest BCUT2D eigenvalue weighted by Crippen LogP contribution is -2.27. The summed E-state index contributed by atoms with van der Waals surface area (Å²) in [6.45, 7) is 2.46. The molecule has 0 amide bonds. The summed E-state index contributed by atoms with van der Waals surface area (Å²) >= 11 is 0. The Balaban J connectivity index is 1.55. The highest BCUT2D eigenvalue weighted by atomic mass is 15.2. The van der Waals surface area contributed by atoms with Crippen molar-refractivity contribution in [2.75, 3.05) is 18.4 Å². The van der Waals surface area contributed by atoms with E-state index in [4.69, 9.17) is 0 Å². The van der Waals surface area contributed by atoms with E-state index in [-0.39, 0.29) is 0 Å². The highest BCUT2D eigenvalue weighted by Gasteiger charge is 2.34. The van der Waals surface area contributed by atoms with E-state index in [0.717, 1.165) is 6.04 Å². The fourth-order valence-corrected chi connectivity index (χ4v) is 3.14. The van der Waals surface area contributed by atoms with Crippen LogP contribution in [0.3, 0.4) is 0 Å². The first-order valence-corrected chi connectivity index (χ1v) is 7.23. The molecule has 2 heterocycles. The summed E-state index contributed by atoms with van der Waals surface area (Å²) in [6, 6.07) is 10.0. The number of anilines is 1. The molecule has 1 aliphatic heterocycles. The van der Waals surface area contributed by atoms with Crippen molar-refractivity contribution >= 4 is 16.5 Å². The van der Waals surface area contributed by atoms with Crippen LogP contribution < -0.4 is 5.32 Å².